The van der Waals surface area contributed by atoms with E-state index in [0.29, 0.717) is 44.7 Å². The lowest BCUT2D eigenvalue weighted by atomic mass is 9.99. The molecule has 0 atom stereocenters. The van der Waals surface area contributed by atoms with Crippen LogP contribution < -0.4 is 10.6 Å². The van der Waals surface area contributed by atoms with Gasteiger partial charge in [0, 0.05) is 45.0 Å². The molecule has 1 saturated heterocycles. The largest absolute Gasteiger partial charge is 0.381 e. The Balaban J connectivity index is 1.97. The van der Waals surface area contributed by atoms with Gasteiger partial charge in [0.1, 0.15) is 0 Å². The zero-order valence-electron chi connectivity index (χ0n) is 16.0. The first-order valence-corrected chi connectivity index (χ1v) is 10.6. The van der Waals surface area contributed by atoms with Crippen molar-refractivity contribution >= 4 is 27.5 Å². The molecule has 2 amide bonds. The molecule has 0 bridgehead atoms. The molecule has 1 fully saturated rings. The van der Waals surface area contributed by atoms with Gasteiger partial charge in [-0.15, -0.1) is 0 Å². The van der Waals surface area contributed by atoms with Gasteiger partial charge in [0.2, 0.25) is 21.8 Å². The van der Waals surface area contributed by atoms with E-state index in [0.717, 1.165) is 0 Å². The predicted molar refractivity (Wildman–Crippen MR) is 106 cm³/mol. The Hall–Kier alpha value is -2.23. The summed E-state index contributed by atoms with van der Waals surface area (Å²) in [6, 6.07) is 6.23. The van der Waals surface area contributed by atoms with Crippen LogP contribution in [0.5, 0.6) is 0 Å². The molecule has 0 aliphatic carbocycles. The first kappa shape index (κ1) is 22.1. The average Bonchev–Trinajstić information content (AvgIpc) is 2.71. The highest BCUT2D eigenvalue weighted by Gasteiger charge is 2.23. The van der Waals surface area contributed by atoms with E-state index in [2.05, 4.69) is 17.2 Å². The van der Waals surface area contributed by atoms with Gasteiger partial charge in [-0.25, -0.2) is 12.7 Å². The maximum absolute atomic E-state index is 12.7. The molecule has 0 radical (unpaired) electrons. The maximum atomic E-state index is 12.7. The number of anilines is 1. The van der Waals surface area contributed by atoms with E-state index in [1.165, 1.54) is 29.6 Å². The second-order valence-corrected chi connectivity index (χ2v) is 8.62. The zero-order chi connectivity index (χ0) is 20.6. The van der Waals surface area contributed by atoms with Gasteiger partial charge in [-0.3, -0.25) is 9.59 Å². The molecule has 1 heterocycles. The second kappa shape index (κ2) is 10.4. The van der Waals surface area contributed by atoms with Crippen molar-refractivity contribution in [3.8, 4) is 0 Å². The van der Waals surface area contributed by atoms with Crippen LogP contribution in [0.15, 0.2) is 41.8 Å². The number of amides is 2. The van der Waals surface area contributed by atoms with Crippen molar-refractivity contribution < 1.29 is 22.7 Å². The van der Waals surface area contributed by atoms with Crippen molar-refractivity contribution in [1.82, 2.24) is 9.62 Å². The van der Waals surface area contributed by atoms with Crippen LogP contribution in [0.1, 0.15) is 19.3 Å². The molecule has 2 N–H and O–H groups in total. The quantitative estimate of drug-likeness (QED) is 0.473. The molecular formula is C19H27N3O5S. The molecule has 0 unspecified atom stereocenters. The standard InChI is InChI=1S/C19H27N3O5S/c1-3-18(23)20-10-5-11-22(2)28(25,26)17-7-4-6-16(14-17)21-19(24)15-8-12-27-13-9-15/h3-4,6-7,14-15H,1,5,8-13H2,2H3,(H,20,23)(H,21,24). The Morgan fingerprint density at radius 2 is 2.04 bits per heavy atom. The van der Waals surface area contributed by atoms with Crippen molar-refractivity contribution in [3.63, 3.8) is 0 Å². The van der Waals surface area contributed by atoms with Crippen LogP contribution in [0.2, 0.25) is 0 Å². The third-order valence-electron chi connectivity index (χ3n) is 4.54. The van der Waals surface area contributed by atoms with Crippen LogP contribution in [0.3, 0.4) is 0 Å². The van der Waals surface area contributed by atoms with Crippen LogP contribution in [0, 0.1) is 5.92 Å². The minimum Gasteiger partial charge on any atom is -0.381 e. The molecule has 28 heavy (non-hydrogen) atoms. The minimum absolute atomic E-state index is 0.106. The van der Waals surface area contributed by atoms with Gasteiger partial charge in [0.25, 0.3) is 0 Å². The van der Waals surface area contributed by atoms with Crippen LogP contribution in [0.4, 0.5) is 5.69 Å². The van der Waals surface area contributed by atoms with Gasteiger partial charge >= 0.3 is 0 Å². The second-order valence-electron chi connectivity index (χ2n) is 6.58. The summed E-state index contributed by atoms with van der Waals surface area (Å²) in [5, 5.41) is 5.41. The Morgan fingerprint density at radius 1 is 1.32 bits per heavy atom. The highest BCUT2D eigenvalue weighted by atomic mass is 32.2. The first-order chi connectivity index (χ1) is 13.3. The molecule has 1 aliphatic heterocycles. The summed E-state index contributed by atoms with van der Waals surface area (Å²) in [6.07, 6.45) is 2.96. The fourth-order valence-corrected chi connectivity index (χ4v) is 4.08. The van der Waals surface area contributed by atoms with E-state index in [-0.39, 0.29) is 29.2 Å². The zero-order valence-corrected chi connectivity index (χ0v) is 16.8. The van der Waals surface area contributed by atoms with Crippen LogP contribution >= 0.6 is 0 Å². The Labute approximate surface area is 166 Å². The summed E-state index contributed by atoms with van der Waals surface area (Å²) in [6.45, 7) is 5.08. The van der Waals surface area contributed by atoms with E-state index in [1.54, 1.807) is 12.1 Å². The highest BCUT2D eigenvalue weighted by molar-refractivity contribution is 7.89. The number of nitrogens with one attached hydrogen (secondary N) is 2. The van der Waals surface area contributed by atoms with Crippen LogP contribution in [0.25, 0.3) is 0 Å². The van der Waals surface area contributed by atoms with Crippen LogP contribution in [-0.4, -0.2) is 57.9 Å². The molecule has 8 nitrogen and oxygen atoms in total. The molecule has 1 aromatic rings. The number of benzene rings is 1. The fourth-order valence-electron chi connectivity index (χ4n) is 2.82. The lowest BCUT2D eigenvalue weighted by Gasteiger charge is -2.21. The van der Waals surface area contributed by atoms with E-state index < -0.39 is 10.0 Å². The lowest BCUT2D eigenvalue weighted by Crippen LogP contribution is -2.31. The molecule has 1 aliphatic rings. The monoisotopic (exact) mass is 409 g/mol. The van der Waals surface area contributed by atoms with Gasteiger partial charge in [-0.2, -0.15) is 0 Å². The Bertz CT molecular complexity index is 804. The molecule has 2 rings (SSSR count). The van der Waals surface area contributed by atoms with E-state index in [1.807, 2.05) is 0 Å². The molecule has 154 valence electrons. The summed E-state index contributed by atoms with van der Waals surface area (Å²) in [4.78, 5) is 23.6. The number of carbonyl (C=O) groups is 2. The summed E-state index contributed by atoms with van der Waals surface area (Å²) < 4.78 is 32.0. The molecule has 0 aromatic heterocycles. The molecular weight excluding hydrogens is 382 g/mol. The van der Waals surface area contributed by atoms with Gasteiger partial charge in [-0.1, -0.05) is 12.6 Å². The summed E-state index contributed by atoms with van der Waals surface area (Å²) in [7, 11) is -2.22. The van der Waals surface area contributed by atoms with E-state index >= 15 is 0 Å². The van der Waals surface area contributed by atoms with E-state index in [4.69, 9.17) is 4.74 Å². The predicted octanol–water partition coefficient (Wildman–Crippen LogP) is 1.36. The Kier molecular flexibility index (Phi) is 8.16. The molecule has 0 spiro atoms. The number of carbonyl (C=O) groups excluding carboxylic acids is 2. The number of nitrogens with zero attached hydrogens (tertiary/aromatic N) is 1. The number of hydrogen-bond donors (Lipinski definition) is 2. The molecule has 0 saturated carbocycles. The fraction of sp³-hybridized carbons (Fsp3) is 0.474. The van der Waals surface area contributed by atoms with Crippen molar-refractivity contribution in [2.24, 2.45) is 5.92 Å². The van der Waals surface area contributed by atoms with Gasteiger partial charge in [-0.05, 0) is 43.5 Å². The SMILES string of the molecule is C=CC(=O)NCCCN(C)S(=O)(=O)c1cccc(NC(=O)C2CCOCC2)c1. The topological polar surface area (TPSA) is 105 Å². The number of sulfonamides is 1. The molecule has 9 heteroatoms. The van der Waals surface area contributed by atoms with Crippen molar-refractivity contribution in [3.05, 3.63) is 36.9 Å². The summed E-state index contributed by atoms with van der Waals surface area (Å²) in [5.74, 6) is -0.537. The summed E-state index contributed by atoms with van der Waals surface area (Å²) in [5.41, 5.74) is 0.448. The first-order valence-electron chi connectivity index (χ1n) is 9.20. The molecule has 1 aromatic carbocycles. The van der Waals surface area contributed by atoms with Crippen molar-refractivity contribution in [2.75, 3.05) is 38.7 Å². The normalized spacial score (nSPS) is 15.2. The maximum Gasteiger partial charge on any atom is 0.243 e. The third kappa shape index (κ3) is 6.15. The van der Waals surface area contributed by atoms with Gasteiger partial charge in [0.05, 0.1) is 4.90 Å². The van der Waals surface area contributed by atoms with Crippen molar-refractivity contribution in [1.29, 1.82) is 0 Å². The Morgan fingerprint density at radius 3 is 2.71 bits per heavy atom. The number of rotatable bonds is 9. The van der Waals surface area contributed by atoms with Gasteiger partial charge in [0.15, 0.2) is 0 Å². The minimum atomic E-state index is -3.70. The third-order valence-corrected chi connectivity index (χ3v) is 6.39. The highest BCUT2D eigenvalue weighted by Crippen LogP contribution is 2.21. The van der Waals surface area contributed by atoms with Crippen LogP contribution in [-0.2, 0) is 24.3 Å². The average molecular weight is 410 g/mol. The van der Waals surface area contributed by atoms with Crippen molar-refractivity contribution in [2.45, 2.75) is 24.2 Å². The number of ether oxygens (including phenoxy) is 1. The summed E-state index contributed by atoms with van der Waals surface area (Å²) >= 11 is 0. The van der Waals surface area contributed by atoms with Gasteiger partial charge < -0.3 is 15.4 Å². The van der Waals surface area contributed by atoms with E-state index in [9.17, 15) is 18.0 Å². The lowest BCUT2D eigenvalue weighted by molar-refractivity contribution is -0.122. The smallest absolute Gasteiger partial charge is 0.243 e. The number of hydrogen-bond acceptors (Lipinski definition) is 5.